The van der Waals surface area contributed by atoms with Crippen molar-refractivity contribution >= 4 is 0 Å². The van der Waals surface area contributed by atoms with Crippen LogP contribution >= 0.6 is 0 Å². The Morgan fingerprint density at radius 2 is 2.05 bits per heavy atom. The molecule has 2 N–H and O–H groups in total. The molecule has 0 spiro atoms. The summed E-state index contributed by atoms with van der Waals surface area (Å²) in [7, 11) is 0. The van der Waals surface area contributed by atoms with Gasteiger partial charge in [-0.3, -0.25) is 9.58 Å². The summed E-state index contributed by atoms with van der Waals surface area (Å²) in [5.74, 6) is 0.442. The van der Waals surface area contributed by atoms with E-state index in [4.69, 9.17) is 5.73 Å². The highest BCUT2D eigenvalue weighted by Gasteiger charge is 2.31. The Labute approximate surface area is 126 Å². The maximum absolute atomic E-state index is 6.35. The zero-order chi connectivity index (χ0) is 14.7. The number of benzene rings is 1. The summed E-state index contributed by atoms with van der Waals surface area (Å²) in [5.41, 5.74) is 8.98. The summed E-state index contributed by atoms with van der Waals surface area (Å²) in [6, 6.07) is 10.8. The SMILES string of the molecule is CCCn1cc(CN2C[C@@H](N)[C@H](c3ccccc3)C2)cn1. The van der Waals surface area contributed by atoms with Crippen molar-refractivity contribution in [1.82, 2.24) is 14.7 Å². The highest BCUT2D eigenvalue weighted by Crippen LogP contribution is 2.27. The summed E-state index contributed by atoms with van der Waals surface area (Å²) in [4.78, 5) is 2.44. The molecule has 0 unspecified atom stereocenters. The summed E-state index contributed by atoms with van der Waals surface area (Å²) < 4.78 is 2.03. The average Bonchev–Trinajstić information content (AvgIpc) is 3.07. The van der Waals surface area contributed by atoms with E-state index in [1.54, 1.807) is 0 Å². The van der Waals surface area contributed by atoms with Crippen LogP contribution < -0.4 is 5.73 Å². The molecule has 0 amide bonds. The Bertz CT molecular complexity index is 563. The third kappa shape index (κ3) is 3.34. The van der Waals surface area contributed by atoms with Crippen molar-refractivity contribution in [1.29, 1.82) is 0 Å². The Hall–Kier alpha value is -1.65. The maximum atomic E-state index is 6.35. The van der Waals surface area contributed by atoms with Gasteiger partial charge in [0.25, 0.3) is 0 Å². The van der Waals surface area contributed by atoms with Gasteiger partial charge in [0, 0.05) is 49.9 Å². The van der Waals surface area contributed by atoms with Crippen LogP contribution in [0.2, 0.25) is 0 Å². The molecular formula is C17H24N4. The Balaban J connectivity index is 1.63. The van der Waals surface area contributed by atoms with Gasteiger partial charge in [-0.15, -0.1) is 0 Å². The maximum Gasteiger partial charge on any atom is 0.0534 e. The number of aromatic nitrogens is 2. The predicted molar refractivity (Wildman–Crippen MR) is 85.0 cm³/mol. The van der Waals surface area contributed by atoms with Crippen molar-refractivity contribution in [2.24, 2.45) is 5.73 Å². The molecule has 1 saturated heterocycles. The van der Waals surface area contributed by atoms with E-state index in [0.717, 1.165) is 32.6 Å². The van der Waals surface area contributed by atoms with Gasteiger partial charge in [-0.25, -0.2) is 0 Å². The molecule has 0 radical (unpaired) electrons. The van der Waals surface area contributed by atoms with Crippen LogP contribution in [0.4, 0.5) is 0 Å². The fraction of sp³-hybridized carbons (Fsp3) is 0.471. The minimum absolute atomic E-state index is 0.220. The van der Waals surface area contributed by atoms with E-state index < -0.39 is 0 Å². The predicted octanol–water partition coefficient (Wildman–Crippen LogP) is 2.22. The third-order valence-electron chi connectivity index (χ3n) is 4.21. The smallest absolute Gasteiger partial charge is 0.0534 e. The van der Waals surface area contributed by atoms with Gasteiger partial charge in [-0.05, 0) is 12.0 Å². The van der Waals surface area contributed by atoms with Crippen LogP contribution in [0.5, 0.6) is 0 Å². The molecule has 3 rings (SSSR count). The minimum atomic E-state index is 0.220. The van der Waals surface area contributed by atoms with Crippen LogP contribution in [0, 0.1) is 0 Å². The molecule has 2 atom stereocenters. The van der Waals surface area contributed by atoms with E-state index in [-0.39, 0.29) is 6.04 Å². The van der Waals surface area contributed by atoms with Gasteiger partial charge >= 0.3 is 0 Å². The lowest BCUT2D eigenvalue weighted by molar-refractivity contribution is 0.323. The average molecular weight is 284 g/mol. The van der Waals surface area contributed by atoms with Crippen LogP contribution in [-0.2, 0) is 13.1 Å². The summed E-state index contributed by atoms with van der Waals surface area (Å²) in [6.07, 6.45) is 5.26. The third-order valence-corrected chi connectivity index (χ3v) is 4.21. The molecule has 2 heterocycles. The number of hydrogen-bond acceptors (Lipinski definition) is 3. The van der Waals surface area contributed by atoms with Crippen LogP contribution in [-0.4, -0.2) is 33.8 Å². The van der Waals surface area contributed by atoms with Gasteiger partial charge in [0.15, 0.2) is 0 Å². The molecule has 1 aliphatic heterocycles. The van der Waals surface area contributed by atoms with E-state index in [0.29, 0.717) is 5.92 Å². The number of aryl methyl sites for hydroxylation is 1. The highest BCUT2D eigenvalue weighted by molar-refractivity contribution is 5.23. The van der Waals surface area contributed by atoms with Gasteiger partial charge < -0.3 is 5.73 Å². The molecular weight excluding hydrogens is 260 g/mol. The zero-order valence-electron chi connectivity index (χ0n) is 12.7. The molecule has 0 bridgehead atoms. The van der Waals surface area contributed by atoms with Gasteiger partial charge in [0.05, 0.1) is 6.20 Å². The van der Waals surface area contributed by atoms with E-state index in [9.17, 15) is 0 Å². The molecule has 112 valence electrons. The van der Waals surface area contributed by atoms with Crippen LogP contribution in [0.15, 0.2) is 42.7 Å². The fourth-order valence-electron chi connectivity index (χ4n) is 3.19. The van der Waals surface area contributed by atoms with Crippen LogP contribution in [0.3, 0.4) is 0 Å². The first-order valence-corrected chi connectivity index (χ1v) is 7.80. The minimum Gasteiger partial charge on any atom is -0.326 e. The number of nitrogens with zero attached hydrogens (tertiary/aromatic N) is 3. The van der Waals surface area contributed by atoms with Crippen molar-refractivity contribution < 1.29 is 0 Å². The van der Waals surface area contributed by atoms with Crippen molar-refractivity contribution in [2.45, 2.75) is 38.4 Å². The van der Waals surface area contributed by atoms with Crippen molar-refractivity contribution in [3.05, 3.63) is 53.9 Å². The number of nitrogens with two attached hydrogens (primary N) is 1. The first-order chi connectivity index (χ1) is 10.3. The summed E-state index contributed by atoms with van der Waals surface area (Å²) >= 11 is 0. The van der Waals surface area contributed by atoms with Gasteiger partial charge in [-0.1, -0.05) is 37.3 Å². The first-order valence-electron chi connectivity index (χ1n) is 7.80. The van der Waals surface area contributed by atoms with Gasteiger partial charge in [0.1, 0.15) is 0 Å². The molecule has 1 aliphatic rings. The molecule has 4 nitrogen and oxygen atoms in total. The number of likely N-dealkylation sites (tertiary alicyclic amines) is 1. The second-order valence-corrected chi connectivity index (χ2v) is 5.99. The monoisotopic (exact) mass is 284 g/mol. The fourth-order valence-corrected chi connectivity index (χ4v) is 3.19. The highest BCUT2D eigenvalue weighted by atomic mass is 15.3. The molecule has 4 heteroatoms. The Kier molecular flexibility index (Phi) is 4.36. The number of hydrogen-bond donors (Lipinski definition) is 1. The van der Waals surface area contributed by atoms with Crippen LogP contribution in [0.25, 0.3) is 0 Å². The standard InChI is InChI=1S/C17H24N4/c1-2-8-21-11-14(9-19-21)10-20-12-16(17(18)13-20)15-6-4-3-5-7-15/h3-7,9,11,16-17H,2,8,10,12-13,18H2,1H3/t16-,17+/m0/s1. The largest absolute Gasteiger partial charge is 0.326 e. The second-order valence-electron chi connectivity index (χ2n) is 5.99. The first kappa shape index (κ1) is 14.3. The summed E-state index contributed by atoms with van der Waals surface area (Å²) in [5, 5.41) is 4.40. The van der Waals surface area contributed by atoms with Gasteiger partial charge in [-0.2, -0.15) is 5.10 Å². The van der Waals surface area contributed by atoms with Crippen LogP contribution in [0.1, 0.15) is 30.4 Å². The number of rotatable bonds is 5. The lowest BCUT2D eigenvalue weighted by atomic mass is 9.95. The molecule has 0 aliphatic carbocycles. The molecule has 1 aromatic heterocycles. The molecule has 1 fully saturated rings. The molecule has 21 heavy (non-hydrogen) atoms. The lowest BCUT2D eigenvalue weighted by Crippen LogP contribution is -2.28. The van der Waals surface area contributed by atoms with E-state index in [1.165, 1.54) is 11.1 Å². The Morgan fingerprint density at radius 1 is 1.24 bits per heavy atom. The molecule has 0 saturated carbocycles. The van der Waals surface area contributed by atoms with E-state index in [1.807, 2.05) is 10.9 Å². The molecule has 2 aromatic rings. The normalized spacial score (nSPS) is 22.8. The summed E-state index contributed by atoms with van der Waals surface area (Å²) in [6.45, 7) is 6.10. The topological polar surface area (TPSA) is 47.1 Å². The van der Waals surface area contributed by atoms with Crippen molar-refractivity contribution in [2.75, 3.05) is 13.1 Å². The van der Waals surface area contributed by atoms with Crippen molar-refractivity contribution in [3.8, 4) is 0 Å². The Morgan fingerprint density at radius 3 is 2.81 bits per heavy atom. The molecule has 1 aromatic carbocycles. The van der Waals surface area contributed by atoms with E-state index in [2.05, 4.69) is 53.5 Å². The lowest BCUT2D eigenvalue weighted by Gasteiger charge is -2.15. The zero-order valence-corrected chi connectivity index (χ0v) is 12.7. The van der Waals surface area contributed by atoms with E-state index >= 15 is 0 Å². The second kappa shape index (κ2) is 6.41. The van der Waals surface area contributed by atoms with Crippen molar-refractivity contribution in [3.63, 3.8) is 0 Å². The van der Waals surface area contributed by atoms with Gasteiger partial charge in [0.2, 0.25) is 0 Å². The quantitative estimate of drug-likeness (QED) is 0.916.